The van der Waals surface area contributed by atoms with Gasteiger partial charge < -0.3 is 5.41 Å². The Morgan fingerprint density at radius 3 is 2.22 bits per heavy atom. The third kappa shape index (κ3) is 7.08. The normalized spacial score (nSPS) is 9.67. The molecule has 0 rings (SSSR count). The lowest BCUT2D eigenvalue weighted by Crippen LogP contribution is -1.79. The zero-order valence-electron chi connectivity index (χ0n) is 6.10. The Labute approximate surface area is 55.8 Å². The zero-order chi connectivity index (χ0) is 7.28. The van der Waals surface area contributed by atoms with Crippen LogP contribution in [0.5, 0.6) is 0 Å². The monoisotopic (exact) mass is 124 g/mol. The molecule has 2 heteroatoms. The molecule has 0 heterocycles. The molecule has 0 aliphatic rings. The molecule has 50 valence electrons. The molecule has 0 unspecified atom stereocenters. The van der Waals surface area contributed by atoms with Crippen molar-refractivity contribution in [2.75, 3.05) is 0 Å². The number of aliphatic imine (C=N–C) groups is 1. The average Bonchev–Trinajstić information content (AvgIpc) is 1.63. The Morgan fingerprint density at radius 2 is 1.89 bits per heavy atom. The van der Waals surface area contributed by atoms with E-state index in [0.29, 0.717) is 5.71 Å². The molecule has 2 nitrogen and oxygen atoms in total. The first-order valence-electron chi connectivity index (χ1n) is 2.85. The summed E-state index contributed by atoms with van der Waals surface area (Å²) in [5.41, 5.74) is 1.53. The van der Waals surface area contributed by atoms with Crippen molar-refractivity contribution in [1.29, 1.82) is 5.41 Å². The van der Waals surface area contributed by atoms with Crippen molar-refractivity contribution in [2.45, 2.75) is 20.8 Å². The summed E-state index contributed by atoms with van der Waals surface area (Å²) in [4.78, 5) is 3.96. The molecule has 0 saturated heterocycles. The van der Waals surface area contributed by atoms with E-state index in [1.165, 1.54) is 0 Å². The number of rotatable bonds is 2. The van der Waals surface area contributed by atoms with Crippen LogP contribution in [-0.2, 0) is 0 Å². The summed E-state index contributed by atoms with van der Waals surface area (Å²) >= 11 is 0. The fraction of sp³-hybridized carbons (Fsp3) is 0.429. The predicted octanol–water partition coefficient (Wildman–Crippen LogP) is 2.02. The fourth-order valence-electron chi connectivity index (χ4n) is 0.298. The van der Waals surface area contributed by atoms with Crippen LogP contribution in [0.2, 0.25) is 0 Å². The molecule has 0 bridgehead atoms. The van der Waals surface area contributed by atoms with Crippen LogP contribution in [0.15, 0.2) is 17.3 Å². The van der Waals surface area contributed by atoms with Crippen molar-refractivity contribution < 1.29 is 0 Å². The average molecular weight is 124 g/mol. The van der Waals surface area contributed by atoms with Gasteiger partial charge >= 0.3 is 0 Å². The summed E-state index contributed by atoms with van der Waals surface area (Å²) in [6.45, 7) is 5.56. The van der Waals surface area contributed by atoms with E-state index in [1.807, 2.05) is 13.8 Å². The molecule has 0 aliphatic heterocycles. The SMILES string of the molecule is CC(=N)/C=C\N=C(C)C. The third-order valence-electron chi connectivity index (χ3n) is 0.657. The van der Waals surface area contributed by atoms with Crippen LogP contribution in [0.4, 0.5) is 0 Å². The van der Waals surface area contributed by atoms with E-state index in [0.717, 1.165) is 5.71 Å². The van der Waals surface area contributed by atoms with Crippen molar-refractivity contribution >= 4 is 11.4 Å². The van der Waals surface area contributed by atoms with Crippen LogP contribution in [0.3, 0.4) is 0 Å². The van der Waals surface area contributed by atoms with Gasteiger partial charge in [-0.25, -0.2) is 0 Å². The first kappa shape index (κ1) is 8.08. The molecule has 0 atom stereocenters. The Kier molecular flexibility index (Phi) is 3.60. The first-order valence-corrected chi connectivity index (χ1v) is 2.85. The quantitative estimate of drug-likeness (QED) is 0.547. The molecular formula is C7H12N2. The van der Waals surface area contributed by atoms with Crippen molar-refractivity contribution in [1.82, 2.24) is 0 Å². The summed E-state index contributed by atoms with van der Waals surface area (Å²) in [5.74, 6) is 0. The van der Waals surface area contributed by atoms with Crippen LogP contribution in [0.25, 0.3) is 0 Å². The second kappa shape index (κ2) is 4.01. The van der Waals surface area contributed by atoms with E-state index in [1.54, 1.807) is 19.2 Å². The van der Waals surface area contributed by atoms with Gasteiger partial charge in [-0.3, -0.25) is 4.99 Å². The molecule has 0 radical (unpaired) electrons. The predicted molar refractivity (Wildman–Crippen MR) is 41.3 cm³/mol. The highest BCUT2D eigenvalue weighted by atomic mass is 14.7. The highest BCUT2D eigenvalue weighted by Gasteiger charge is 1.73. The molecule has 0 aromatic rings. The van der Waals surface area contributed by atoms with Crippen LogP contribution in [0, 0.1) is 5.41 Å². The summed E-state index contributed by atoms with van der Waals surface area (Å²) in [5, 5.41) is 6.98. The molecule has 9 heavy (non-hydrogen) atoms. The van der Waals surface area contributed by atoms with Gasteiger partial charge in [-0.1, -0.05) is 0 Å². The van der Waals surface area contributed by atoms with Gasteiger partial charge in [-0.2, -0.15) is 0 Å². The minimum absolute atomic E-state index is 0.528. The first-order chi connectivity index (χ1) is 4.13. The molecule has 0 aromatic carbocycles. The summed E-state index contributed by atoms with van der Waals surface area (Å²) < 4.78 is 0. The van der Waals surface area contributed by atoms with Gasteiger partial charge in [0, 0.05) is 17.6 Å². The number of allylic oxidation sites excluding steroid dienone is 1. The van der Waals surface area contributed by atoms with Gasteiger partial charge in [0.25, 0.3) is 0 Å². The maximum atomic E-state index is 6.98. The minimum Gasteiger partial charge on any atom is -0.306 e. The van der Waals surface area contributed by atoms with Crippen molar-refractivity contribution in [3.63, 3.8) is 0 Å². The Bertz CT molecular complexity index is 150. The van der Waals surface area contributed by atoms with Gasteiger partial charge in [0.15, 0.2) is 0 Å². The van der Waals surface area contributed by atoms with Crippen LogP contribution in [-0.4, -0.2) is 11.4 Å². The van der Waals surface area contributed by atoms with E-state index in [-0.39, 0.29) is 0 Å². The Hall–Kier alpha value is -0.920. The Balaban J connectivity index is 3.74. The van der Waals surface area contributed by atoms with E-state index in [9.17, 15) is 0 Å². The largest absolute Gasteiger partial charge is 0.306 e. The van der Waals surface area contributed by atoms with Gasteiger partial charge in [0.05, 0.1) is 0 Å². The van der Waals surface area contributed by atoms with Gasteiger partial charge in [-0.15, -0.1) is 0 Å². The van der Waals surface area contributed by atoms with Gasteiger partial charge in [0.1, 0.15) is 0 Å². The highest BCUT2D eigenvalue weighted by molar-refractivity contribution is 5.90. The van der Waals surface area contributed by atoms with Gasteiger partial charge in [0.2, 0.25) is 0 Å². The lowest BCUT2D eigenvalue weighted by atomic mass is 10.4. The number of hydrogen-bond acceptors (Lipinski definition) is 2. The summed E-state index contributed by atoms with van der Waals surface area (Å²) in [7, 11) is 0. The number of nitrogens with one attached hydrogen (secondary N) is 1. The van der Waals surface area contributed by atoms with E-state index in [4.69, 9.17) is 5.41 Å². The standard InChI is InChI=1S/C7H12N2/c1-6(2)9-5-4-7(3)8/h4-5,8H,1-3H3/b5-4-,8-7?. The lowest BCUT2D eigenvalue weighted by molar-refractivity contribution is 1.46. The second-order valence-corrected chi connectivity index (χ2v) is 2.08. The smallest absolute Gasteiger partial charge is 0.0298 e. The van der Waals surface area contributed by atoms with Crippen LogP contribution >= 0.6 is 0 Å². The number of hydrogen-bond donors (Lipinski definition) is 1. The molecule has 0 aromatic heterocycles. The number of nitrogens with zero attached hydrogens (tertiary/aromatic N) is 1. The molecule has 1 N–H and O–H groups in total. The summed E-state index contributed by atoms with van der Waals surface area (Å²) in [6, 6.07) is 0. The molecule has 0 spiro atoms. The molecule has 0 saturated carbocycles. The molecule has 0 aliphatic carbocycles. The maximum absolute atomic E-state index is 6.98. The van der Waals surface area contributed by atoms with Crippen LogP contribution in [0.1, 0.15) is 20.8 Å². The highest BCUT2D eigenvalue weighted by Crippen LogP contribution is 1.79. The summed E-state index contributed by atoms with van der Waals surface area (Å²) in [6.07, 6.45) is 3.30. The lowest BCUT2D eigenvalue weighted by Gasteiger charge is -1.82. The van der Waals surface area contributed by atoms with Gasteiger partial charge in [-0.05, 0) is 26.8 Å². The maximum Gasteiger partial charge on any atom is 0.0298 e. The van der Waals surface area contributed by atoms with E-state index < -0.39 is 0 Å². The van der Waals surface area contributed by atoms with Crippen molar-refractivity contribution in [3.05, 3.63) is 12.3 Å². The molecular weight excluding hydrogens is 112 g/mol. The molecule has 0 amide bonds. The van der Waals surface area contributed by atoms with Crippen molar-refractivity contribution in [2.24, 2.45) is 4.99 Å². The fourth-order valence-corrected chi connectivity index (χ4v) is 0.298. The Morgan fingerprint density at radius 1 is 1.33 bits per heavy atom. The van der Waals surface area contributed by atoms with Crippen molar-refractivity contribution in [3.8, 4) is 0 Å². The van der Waals surface area contributed by atoms with E-state index in [2.05, 4.69) is 4.99 Å². The topological polar surface area (TPSA) is 36.2 Å². The second-order valence-electron chi connectivity index (χ2n) is 2.08. The van der Waals surface area contributed by atoms with Crippen LogP contribution < -0.4 is 0 Å². The van der Waals surface area contributed by atoms with E-state index >= 15 is 0 Å². The minimum atomic E-state index is 0.528. The zero-order valence-corrected chi connectivity index (χ0v) is 6.10. The third-order valence-corrected chi connectivity index (χ3v) is 0.657. The molecule has 0 fully saturated rings.